The Labute approximate surface area is 178 Å². The predicted octanol–water partition coefficient (Wildman–Crippen LogP) is 1.01. The molecule has 5 rings (SSSR count). The molecule has 2 aliphatic heterocycles. The Morgan fingerprint density at radius 1 is 1.03 bits per heavy atom. The Morgan fingerprint density at radius 2 is 1.81 bits per heavy atom. The van der Waals surface area contributed by atoms with E-state index >= 15 is 0 Å². The number of morpholine rings is 1. The normalized spacial score (nSPS) is 17.4. The summed E-state index contributed by atoms with van der Waals surface area (Å²) in [5, 5.41) is 13.6. The van der Waals surface area contributed by atoms with E-state index in [9.17, 15) is 4.79 Å². The SMILES string of the molecule is Nc1nc2c(N3CCOCC3)ccnn2c1-c1ccc(N2CCN(C(=O)O)CC2)nc1. The largest absolute Gasteiger partial charge is 0.465 e. The maximum absolute atomic E-state index is 11.1. The van der Waals surface area contributed by atoms with Gasteiger partial charge in [0, 0.05) is 51.0 Å². The Hall–Kier alpha value is -3.60. The van der Waals surface area contributed by atoms with Crippen LogP contribution in [0.2, 0.25) is 0 Å². The Morgan fingerprint density at radius 3 is 2.48 bits per heavy atom. The monoisotopic (exact) mass is 424 g/mol. The van der Waals surface area contributed by atoms with E-state index in [1.54, 1.807) is 16.9 Å². The van der Waals surface area contributed by atoms with Crippen LogP contribution in [0.4, 0.5) is 22.1 Å². The van der Waals surface area contributed by atoms with Crippen LogP contribution in [-0.4, -0.2) is 88.2 Å². The van der Waals surface area contributed by atoms with Crippen LogP contribution < -0.4 is 15.5 Å². The second-order valence-electron chi connectivity index (χ2n) is 7.56. The smallest absolute Gasteiger partial charge is 0.407 e. The number of hydrogen-bond donors (Lipinski definition) is 2. The average Bonchev–Trinajstić information content (AvgIpc) is 3.15. The maximum atomic E-state index is 11.1. The fraction of sp³-hybridized carbons (Fsp3) is 0.400. The summed E-state index contributed by atoms with van der Waals surface area (Å²) in [6.07, 6.45) is 2.64. The molecular weight excluding hydrogens is 400 g/mol. The number of ether oxygens (including phenoxy) is 1. The quantitative estimate of drug-likeness (QED) is 0.633. The minimum atomic E-state index is -0.880. The summed E-state index contributed by atoms with van der Waals surface area (Å²) in [6, 6.07) is 5.83. The standard InChI is InChI=1S/C20H24N8O3/c21-18-17(28-19(24-18)15(3-4-23-28)25-9-11-31-12-10-25)14-1-2-16(22-13-14)26-5-7-27(8-6-26)20(29)30/h1-4,13H,5-12,21H2,(H,29,30). The number of hydrogen-bond acceptors (Lipinski definition) is 8. The summed E-state index contributed by atoms with van der Waals surface area (Å²) >= 11 is 0. The van der Waals surface area contributed by atoms with Crippen LogP contribution in [0.1, 0.15) is 0 Å². The van der Waals surface area contributed by atoms with Crippen LogP contribution >= 0.6 is 0 Å². The van der Waals surface area contributed by atoms with Crippen LogP contribution in [0, 0.1) is 0 Å². The molecule has 1 amide bonds. The number of anilines is 3. The van der Waals surface area contributed by atoms with E-state index in [4.69, 9.17) is 15.6 Å². The first-order valence-corrected chi connectivity index (χ1v) is 10.3. The lowest BCUT2D eigenvalue weighted by Crippen LogP contribution is -2.48. The number of piperazine rings is 1. The van der Waals surface area contributed by atoms with E-state index in [2.05, 4.69) is 24.9 Å². The van der Waals surface area contributed by atoms with Crippen molar-refractivity contribution in [2.24, 2.45) is 0 Å². The summed E-state index contributed by atoms with van der Waals surface area (Å²) in [5.41, 5.74) is 9.52. The van der Waals surface area contributed by atoms with Gasteiger partial charge in [-0.15, -0.1) is 0 Å². The fourth-order valence-electron chi connectivity index (χ4n) is 4.11. The number of nitrogens with two attached hydrogens (primary N) is 1. The van der Waals surface area contributed by atoms with Gasteiger partial charge in [-0.25, -0.2) is 19.3 Å². The molecule has 0 atom stereocenters. The molecule has 0 saturated carbocycles. The third-order valence-electron chi connectivity index (χ3n) is 5.77. The topological polar surface area (TPSA) is 125 Å². The minimum absolute atomic E-state index is 0.401. The molecule has 0 radical (unpaired) electrons. The van der Waals surface area contributed by atoms with Gasteiger partial charge in [0.15, 0.2) is 11.5 Å². The molecule has 31 heavy (non-hydrogen) atoms. The van der Waals surface area contributed by atoms with Crippen molar-refractivity contribution in [3.63, 3.8) is 0 Å². The predicted molar refractivity (Wildman–Crippen MR) is 115 cm³/mol. The van der Waals surface area contributed by atoms with Gasteiger partial charge in [0.1, 0.15) is 11.5 Å². The van der Waals surface area contributed by atoms with Crippen LogP contribution in [0.15, 0.2) is 30.6 Å². The number of fused-ring (bicyclic) bond motifs is 1. The number of pyridine rings is 1. The number of amides is 1. The van der Waals surface area contributed by atoms with E-state index in [0.717, 1.165) is 30.2 Å². The number of rotatable bonds is 3. The van der Waals surface area contributed by atoms with Gasteiger partial charge < -0.3 is 30.3 Å². The summed E-state index contributed by atoms with van der Waals surface area (Å²) < 4.78 is 7.22. The van der Waals surface area contributed by atoms with Crippen molar-refractivity contribution in [3.8, 4) is 11.3 Å². The summed E-state index contributed by atoms with van der Waals surface area (Å²) in [5.74, 6) is 1.21. The van der Waals surface area contributed by atoms with E-state index < -0.39 is 6.09 Å². The van der Waals surface area contributed by atoms with E-state index in [1.165, 1.54) is 4.90 Å². The molecule has 2 aliphatic rings. The first kappa shape index (κ1) is 19.4. The third kappa shape index (κ3) is 3.56. The molecule has 2 fully saturated rings. The van der Waals surface area contributed by atoms with E-state index in [-0.39, 0.29) is 0 Å². The molecule has 3 N–H and O–H groups in total. The zero-order chi connectivity index (χ0) is 21.4. The van der Waals surface area contributed by atoms with E-state index in [0.29, 0.717) is 56.6 Å². The number of nitrogen functional groups attached to an aromatic ring is 1. The van der Waals surface area contributed by atoms with Crippen molar-refractivity contribution in [1.82, 2.24) is 24.5 Å². The highest BCUT2D eigenvalue weighted by molar-refractivity contribution is 5.80. The van der Waals surface area contributed by atoms with Crippen LogP contribution in [-0.2, 0) is 4.74 Å². The molecule has 0 aromatic carbocycles. The van der Waals surface area contributed by atoms with Gasteiger partial charge in [-0.1, -0.05) is 0 Å². The van der Waals surface area contributed by atoms with Crippen molar-refractivity contribution in [3.05, 3.63) is 30.6 Å². The number of nitrogens with zero attached hydrogens (tertiary/aromatic N) is 7. The number of imidazole rings is 1. The highest BCUT2D eigenvalue weighted by Gasteiger charge is 2.23. The highest BCUT2D eigenvalue weighted by atomic mass is 16.5. The van der Waals surface area contributed by atoms with Gasteiger partial charge >= 0.3 is 6.09 Å². The highest BCUT2D eigenvalue weighted by Crippen LogP contribution is 2.31. The van der Waals surface area contributed by atoms with Gasteiger partial charge in [-0.2, -0.15) is 5.10 Å². The van der Waals surface area contributed by atoms with Crippen molar-refractivity contribution < 1.29 is 14.6 Å². The molecule has 0 spiro atoms. The lowest BCUT2D eigenvalue weighted by Gasteiger charge is -2.33. The van der Waals surface area contributed by atoms with Gasteiger partial charge in [0.05, 0.1) is 25.1 Å². The zero-order valence-corrected chi connectivity index (χ0v) is 17.0. The van der Waals surface area contributed by atoms with E-state index in [1.807, 2.05) is 18.2 Å². The Bertz CT molecular complexity index is 1090. The van der Waals surface area contributed by atoms with Gasteiger partial charge in [0.2, 0.25) is 0 Å². The average molecular weight is 424 g/mol. The Balaban J connectivity index is 1.42. The summed E-state index contributed by atoms with van der Waals surface area (Å²) in [7, 11) is 0. The zero-order valence-electron chi connectivity index (χ0n) is 17.0. The van der Waals surface area contributed by atoms with Crippen molar-refractivity contribution in [2.45, 2.75) is 0 Å². The molecule has 3 aromatic heterocycles. The van der Waals surface area contributed by atoms with Gasteiger partial charge in [0.25, 0.3) is 0 Å². The van der Waals surface area contributed by atoms with Crippen molar-refractivity contribution in [1.29, 1.82) is 0 Å². The van der Waals surface area contributed by atoms with Crippen molar-refractivity contribution >= 4 is 29.1 Å². The summed E-state index contributed by atoms with van der Waals surface area (Å²) in [4.78, 5) is 26.0. The lowest BCUT2D eigenvalue weighted by molar-refractivity contribution is 0.123. The number of carboxylic acid groups (broad SMARTS) is 1. The van der Waals surface area contributed by atoms with Gasteiger partial charge in [-0.05, 0) is 18.2 Å². The van der Waals surface area contributed by atoms with Crippen LogP contribution in [0.5, 0.6) is 0 Å². The molecule has 5 heterocycles. The van der Waals surface area contributed by atoms with Crippen LogP contribution in [0.3, 0.4) is 0 Å². The maximum Gasteiger partial charge on any atom is 0.407 e. The molecule has 3 aromatic rings. The molecular formula is C20H24N8O3. The molecule has 11 heteroatoms. The first-order chi connectivity index (χ1) is 15.1. The second kappa shape index (κ2) is 7.91. The molecule has 0 unspecified atom stereocenters. The lowest BCUT2D eigenvalue weighted by atomic mass is 10.2. The Kier molecular flexibility index (Phi) is 4.94. The third-order valence-corrected chi connectivity index (χ3v) is 5.77. The minimum Gasteiger partial charge on any atom is -0.465 e. The first-order valence-electron chi connectivity index (χ1n) is 10.3. The summed E-state index contributed by atoms with van der Waals surface area (Å²) in [6.45, 7) is 5.12. The molecule has 162 valence electrons. The molecule has 11 nitrogen and oxygen atoms in total. The molecule has 0 bridgehead atoms. The van der Waals surface area contributed by atoms with Crippen molar-refractivity contribution in [2.75, 3.05) is 68.0 Å². The van der Waals surface area contributed by atoms with Crippen LogP contribution in [0.25, 0.3) is 16.9 Å². The second-order valence-corrected chi connectivity index (χ2v) is 7.56. The number of aromatic nitrogens is 4. The van der Waals surface area contributed by atoms with Gasteiger partial charge in [-0.3, -0.25) is 0 Å². The molecule has 0 aliphatic carbocycles. The fourth-order valence-corrected chi connectivity index (χ4v) is 4.11. The number of carbonyl (C=O) groups is 1. The molecule has 2 saturated heterocycles.